The summed E-state index contributed by atoms with van der Waals surface area (Å²) in [4.78, 5) is 33.2. The molecule has 1 aromatic carbocycles. The average Bonchev–Trinajstić information content (AvgIpc) is 2.71. The Morgan fingerprint density at radius 2 is 1.90 bits per heavy atom. The van der Waals surface area contributed by atoms with E-state index in [4.69, 9.17) is 11.6 Å². The number of carbonyl (C=O) groups is 2. The topological polar surface area (TPSA) is 85.8 Å². The number of likely N-dealkylation sites (N-methyl/N-ethyl adjacent to an activating group) is 1. The maximum atomic E-state index is 14.8. The molecule has 9 heteroatoms. The number of nitrogens with one attached hydrogen (secondary N) is 1. The van der Waals surface area contributed by atoms with Crippen LogP contribution in [0.4, 0.5) is 15.8 Å². The van der Waals surface area contributed by atoms with Crippen LogP contribution in [0.3, 0.4) is 0 Å². The van der Waals surface area contributed by atoms with Gasteiger partial charge in [-0.25, -0.2) is 4.39 Å². The van der Waals surface area contributed by atoms with Crippen molar-refractivity contribution < 1.29 is 19.1 Å². The number of nitrogens with zero attached hydrogens (tertiary/aromatic N) is 3. The van der Waals surface area contributed by atoms with Gasteiger partial charge in [0.1, 0.15) is 27.9 Å². The lowest BCUT2D eigenvalue weighted by atomic mass is 9.96. The first kappa shape index (κ1) is 19.4. The van der Waals surface area contributed by atoms with Crippen molar-refractivity contribution in [3.63, 3.8) is 0 Å². The van der Waals surface area contributed by atoms with E-state index in [1.54, 1.807) is 0 Å². The molecule has 2 aliphatic rings. The van der Waals surface area contributed by atoms with Gasteiger partial charge in [0.15, 0.2) is 5.82 Å². The number of pyridine rings is 1. The lowest BCUT2D eigenvalue weighted by Gasteiger charge is -2.34. The monoisotopic (exact) mass is 416 g/mol. The summed E-state index contributed by atoms with van der Waals surface area (Å²) in [6.45, 7) is 3.07. The van der Waals surface area contributed by atoms with Crippen LogP contribution in [0.5, 0.6) is 5.75 Å². The number of ketones is 2. The van der Waals surface area contributed by atoms with Gasteiger partial charge in [-0.2, -0.15) is 0 Å². The van der Waals surface area contributed by atoms with Crippen LogP contribution in [0.25, 0.3) is 0 Å². The number of phenols is 1. The number of phenolic OH excluding ortho intramolecular Hbond substituents is 1. The largest absolute Gasteiger partial charge is 0.506 e. The van der Waals surface area contributed by atoms with Crippen LogP contribution in [0, 0.1) is 5.82 Å². The number of Topliss-reactive ketones (excluding diaryl/α,β-unsaturated/α-hetero) is 2. The lowest BCUT2D eigenvalue weighted by Crippen LogP contribution is -2.44. The summed E-state index contributed by atoms with van der Waals surface area (Å²) in [5.41, 5.74) is -0.0518. The second-order valence-electron chi connectivity index (χ2n) is 6.98. The van der Waals surface area contributed by atoms with Gasteiger partial charge >= 0.3 is 0 Å². The van der Waals surface area contributed by atoms with Gasteiger partial charge in [0.05, 0.1) is 5.56 Å². The van der Waals surface area contributed by atoms with E-state index in [0.717, 1.165) is 13.1 Å². The third-order valence-corrected chi connectivity index (χ3v) is 5.45. The lowest BCUT2D eigenvalue weighted by molar-refractivity contribution is 0.0978. The Hall–Kier alpha value is -2.97. The van der Waals surface area contributed by atoms with Gasteiger partial charge in [0, 0.05) is 44.1 Å². The number of aromatic nitrogens is 1. The van der Waals surface area contributed by atoms with Crippen molar-refractivity contribution >= 4 is 34.5 Å². The number of benzene rings is 1. The molecule has 0 unspecified atom stereocenters. The number of halogens is 2. The summed E-state index contributed by atoms with van der Waals surface area (Å²) >= 11 is 6.07. The van der Waals surface area contributed by atoms with E-state index < -0.39 is 22.4 Å². The Morgan fingerprint density at radius 1 is 1.17 bits per heavy atom. The molecular formula is C20H18ClFN4O3. The highest BCUT2D eigenvalue weighted by Crippen LogP contribution is 2.36. The van der Waals surface area contributed by atoms with Crippen LogP contribution in [-0.2, 0) is 0 Å². The van der Waals surface area contributed by atoms with Gasteiger partial charge < -0.3 is 20.2 Å². The molecule has 1 aliphatic heterocycles. The van der Waals surface area contributed by atoms with E-state index in [9.17, 15) is 19.1 Å². The smallest absolute Gasteiger partial charge is 0.225 e. The normalized spacial score (nSPS) is 17.6. The number of allylic oxidation sites excluding steroid dienone is 2. The molecule has 2 heterocycles. The summed E-state index contributed by atoms with van der Waals surface area (Å²) in [6, 6.07) is 5.67. The number of fused-ring (bicyclic) bond motifs is 1. The van der Waals surface area contributed by atoms with E-state index in [-0.39, 0.29) is 28.4 Å². The predicted octanol–water partition coefficient (Wildman–Crippen LogP) is 2.62. The van der Waals surface area contributed by atoms with Crippen molar-refractivity contribution in [2.75, 3.05) is 43.4 Å². The zero-order valence-corrected chi connectivity index (χ0v) is 16.3. The minimum Gasteiger partial charge on any atom is -0.506 e. The van der Waals surface area contributed by atoms with E-state index in [1.165, 1.54) is 30.5 Å². The second kappa shape index (κ2) is 7.46. The number of carbonyl (C=O) groups excluding carboxylic acids is 2. The summed E-state index contributed by atoms with van der Waals surface area (Å²) in [7, 11) is 2.01. The number of anilines is 2. The molecule has 4 rings (SSSR count). The first-order valence-corrected chi connectivity index (χ1v) is 9.42. The van der Waals surface area contributed by atoms with Gasteiger partial charge in [0.25, 0.3) is 0 Å². The van der Waals surface area contributed by atoms with Gasteiger partial charge in [-0.15, -0.1) is 0 Å². The molecule has 0 saturated carbocycles. The molecule has 0 spiro atoms. The molecule has 0 atom stereocenters. The van der Waals surface area contributed by atoms with Crippen molar-refractivity contribution in [3.8, 4) is 5.75 Å². The fourth-order valence-electron chi connectivity index (χ4n) is 3.41. The first-order chi connectivity index (χ1) is 13.9. The zero-order valence-electron chi connectivity index (χ0n) is 15.6. The maximum absolute atomic E-state index is 14.8. The van der Waals surface area contributed by atoms with Crippen LogP contribution in [-0.4, -0.2) is 59.8 Å². The molecular weight excluding hydrogens is 399 g/mol. The molecule has 1 aromatic heterocycles. The number of aromatic hydroxyl groups is 1. The summed E-state index contributed by atoms with van der Waals surface area (Å²) in [5, 5.41) is 12.5. The Morgan fingerprint density at radius 3 is 2.59 bits per heavy atom. The van der Waals surface area contributed by atoms with Crippen LogP contribution in [0.1, 0.15) is 20.8 Å². The highest BCUT2D eigenvalue weighted by Gasteiger charge is 2.33. The maximum Gasteiger partial charge on any atom is 0.225 e. The number of piperazine rings is 1. The van der Waals surface area contributed by atoms with Crippen LogP contribution >= 0.6 is 11.6 Å². The van der Waals surface area contributed by atoms with Crippen LogP contribution < -0.4 is 10.2 Å². The Labute approximate surface area is 171 Å². The molecule has 1 aliphatic carbocycles. The second-order valence-corrected chi connectivity index (χ2v) is 7.36. The van der Waals surface area contributed by atoms with Gasteiger partial charge in [0.2, 0.25) is 11.6 Å². The third kappa shape index (κ3) is 3.45. The molecule has 2 aromatic rings. The Kier molecular flexibility index (Phi) is 4.97. The van der Waals surface area contributed by atoms with E-state index in [1.807, 2.05) is 11.9 Å². The van der Waals surface area contributed by atoms with Gasteiger partial charge in [-0.1, -0.05) is 11.6 Å². The Bertz CT molecular complexity index is 1020. The molecule has 0 amide bonds. The molecule has 2 N–H and O–H groups in total. The molecule has 1 fully saturated rings. The minimum absolute atomic E-state index is 0.0526. The van der Waals surface area contributed by atoms with E-state index in [0.29, 0.717) is 18.8 Å². The average molecular weight is 417 g/mol. The fourth-order valence-corrected chi connectivity index (χ4v) is 3.63. The molecule has 7 nitrogen and oxygen atoms in total. The van der Waals surface area contributed by atoms with Gasteiger partial charge in [-0.05, 0) is 25.2 Å². The van der Waals surface area contributed by atoms with Gasteiger partial charge in [-0.3, -0.25) is 14.6 Å². The minimum atomic E-state index is -0.756. The molecule has 29 heavy (non-hydrogen) atoms. The van der Waals surface area contributed by atoms with Crippen LogP contribution in [0.15, 0.2) is 41.2 Å². The van der Waals surface area contributed by atoms with E-state index >= 15 is 0 Å². The van der Waals surface area contributed by atoms with Crippen LogP contribution in [0.2, 0.25) is 0 Å². The third-order valence-electron chi connectivity index (χ3n) is 5.09. The highest BCUT2D eigenvalue weighted by molar-refractivity contribution is 6.50. The highest BCUT2D eigenvalue weighted by atomic mass is 35.5. The summed E-state index contributed by atoms with van der Waals surface area (Å²) < 4.78 is 14.8. The zero-order chi connectivity index (χ0) is 20.7. The van der Waals surface area contributed by atoms with Crippen molar-refractivity contribution in [1.29, 1.82) is 0 Å². The molecule has 150 valence electrons. The fraction of sp³-hybridized carbons (Fsp3) is 0.250. The van der Waals surface area contributed by atoms with E-state index in [2.05, 4.69) is 15.2 Å². The summed E-state index contributed by atoms with van der Waals surface area (Å²) in [5.74, 6) is -2.38. The van der Waals surface area contributed by atoms with Crippen molar-refractivity contribution in [2.45, 2.75) is 0 Å². The molecule has 1 saturated heterocycles. The molecule has 0 radical (unpaired) electrons. The molecule has 0 bridgehead atoms. The number of rotatable bonds is 3. The van der Waals surface area contributed by atoms with Crippen molar-refractivity contribution in [3.05, 3.63) is 58.3 Å². The Balaban J connectivity index is 1.65. The predicted molar refractivity (Wildman–Crippen MR) is 107 cm³/mol. The number of hydrogen-bond donors (Lipinski definition) is 2. The van der Waals surface area contributed by atoms with Crippen molar-refractivity contribution in [1.82, 2.24) is 9.88 Å². The quantitative estimate of drug-likeness (QED) is 0.744. The standard InChI is InChI=1S/C20H18ClFN4O3/c1-25-5-7-26(8-6-25)11-9-13(22)17(14(27)10-11)24-18-15(21)20(29)16-12(19(18)28)3-2-4-23-16/h2-4,9-10,24,27H,5-8H2,1H3. The SMILES string of the molecule is CN1CCN(c2cc(O)c(NC3=C(Cl)C(=O)c4ncccc4C3=O)c(F)c2)CC1. The first-order valence-electron chi connectivity index (χ1n) is 9.04. The number of hydrogen-bond acceptors (Lipinski definition) is 7. The summed E-state index contributed by atoms with van der Waals surface area (Å²) in [6.07, 6.45) is 1.38. The van der Waals surface area contributed by atoms with Crippen molar-refractivity contribution in [2.24, 2.45) is 0 Å².